The number of benzene rings is 2. The number of thioether (sulfide) groups is 1. The van der Waals surface area contributed by atoms with Gasteiger partial charge in [-0.1, -0.05) is 42.8 Å². The molecule has 0 aliphatic rings. The lowest BCUT2D eigenvalue weighted by atomic mass is 10.1. The molecule has 2 aromatic rings. The second-order valence-corrected chi connectivity index (χ2v) is 6.31. The zero-order valence-corrected chi connectivity index (χ0v) is 13.8. The summed E-state index contributed by atoms with van der Waals surface area (Å²) in [5.74, 6) is 0.259. The molecular formula is C17H19ClFNS. The summed E-state index contributed by atoms with van der Waals surface area (Å²) in [6, 6.07) is 13.8. The molecule has 0 fully saturated rings. The summed E-state index contributed by atoms with van der Waals surface area (Å²) in [5.41, 5.74) is 1.88. The van der Waals surface area contributed by atoms with Crippen LogP contribution in [0.2, 0.25) is 5.02 Å². The van der Waals surface area contributed by atoms with Crippen molar-refractivity contribution in [2.24, 2.45) is 0 Å². The van der Waals surface area contributed by atoms with Gasteiger partial charge in [0.15, 0.2) is 0 Å². The van der Waals surface area contributed by atoms with Gasteiger partial charge in [0.1, 0.15) is 5.82 Å². The lowest BCUT2D eigenvalue weighted by molar-refractivity contribution is 0.597. The first-order valence-corrected chi connectivity index (χ1v) is 8.37. The van der Waals surface area contributed by atoms with Crippen molar-refractivity contribution in [3.05, 3.63) is 64.4 Å². The van der Waals surface area contributed by atoms with E-state index < -0.39 is 0 Å². The molecule has 0 aliphatic heterocycles. The van der Waals surface area contributed by atoms with Gasteiger partial charge in [-0.25, -0.2) is 4.39 Å². The highest BCUT2D eigenvalue weighted by molar-refractivity contribution is 7.98. The minimum Gasteiger partial charge on any atom is -0.310 e. The third kappa shape index (κ3) is 4.47. The summed E-state index contributed by atoms with van der Waals surface area (Å²) in [4.78, 5) is 1.14. The fraction of sp³-hybridized carbons (Fsp3) is 0.294. The Morgan fingerprint density at radius 1 is 1.24 bits per heavy atom. The molecule has 0 heterocycles. The molecule has 0 radical (unpaired) electrons. The Morgan fingerprint density at radius 2 is 2.00 bits per heavy atom. The monoisotopic (exact) mass is 323 g/mol. The van der Waals surface area contributed by atoms with Crippen LogP contribution in [0.5, 0.6) is 0 Å². The van der Waals surface area contributed by atoms with Crippen molar-refractivity contribution in [3.8, 4) is 0 Å². The zero-order valence-electron chi connectivity index (χ0n) is 12.2. The molecule has 1 nitrogen and oxygen atoms in total. The van der Waals surface area contributed by atoms with E-state index in [0.717, 1.165) is 11.4 Å². The van der Waals surface area contributed by atoms with Crippen LogP contribution in [-0.2, 0) is 5.75 Å². The third-order valence-electron chi connectivity index (χ3n) is 3.29. The van der Waals surface area contributed by atoms with Gasteiger partial charge in [0.25, 0.3) is 0 Å². The summed E-state index contributed by atoms with van der Waals surface area (Å²) in [6.45, 7) is 5.17. The highest BCUT2D eigenvalue weighted by atomic mass is 35.5. The summed E-state index contributed by atoms with van der Waals surface area (Å²) < 4.78 is 13.9. The first kappa shape index (κ1) is 16.3. The first-order chi connectivity index (χ1) is 10.1. The average molecular weight is 324 g/mol. The first-order valence-electron chi connectivity index (χ1n) is 7.01. The van der Waals surface area contributed by atoms with Crippen LogP contribution in [0.4, 0.5) is 4.39 Å². The van der Waals surface area contributed by atoms with Gasteiger partial charge in [0.2, 0.25) is 0 Å². The van der Waals surface area contributed by atoms with Crippen molar-refractivity contribution in [1.29, 1.82) is 0 Å². The summed E-state index contributed by atoms with van der Waals surface area (Å²) >= 11 is 7.42. The smallest absolute Gasteiger partial charge is 0.145 e. The minimum absolute atomic E-state index is 0.183. The Kier molecular flexibility index (Phi) is 6.09. The molecule has 4 heteroatoms. The van der Waals surface area contributed by atoms with E-state index in [2.05, 4.69) is 37.4 Å². The quantitative estimate of drug-likeness (QED) is 0.710. The average Bonchev–Trinajstić information content (AvgIpc) is 2.49. The maximum absolute atomic E-state index is 13.9. The molecule has 1 unspecified atom stereocenters. The van der Waals surface area contributed by atoms with Crippen LogP contribution in [-0.4, -0.2) is 6.54 Å². The predicted octanol–water partition coefficient (Wildman–Crippen LogP) is 5.44. The second kappa shape index (κ2) is 7.83. The molecule has 0 aliphatic carbocycles. The molecule has 21 heavy (non-hydrogen) atoms. The standard InChI is InChI=1S/C17H19ClFNS/c1-3-20-12(2)13-6-4-8-15(10-13)21-11-14-7-5-9-16(18)17(14)19/h4-10,12,20H,3,11H2,1-2H3. The highest BCUT2D eigenvalue weighted by Crippen LogP contribution is 2.28. The van der Waals surface area contributed by atoms with Crippen molar-refractivity contribution in [2.75, 3.05) is 6.54 Å². The van der Waals surface area contributed by atoms with Crippen LogP contribution in [0.15, 0.2) is 47.4 Å². The van der Waals surface area contributed by atoms with E-state index in [1.54, 1.807) is 30.0 Å². The van der Waals surface area contributed by atoms with E-state index in [0.29, 0.717) is 17.4 Å². The molecule has 0 saturated heterocycles. The number of hydrogen-bond donors (Lipinski definition) is 1. The fourth-order valence-electron chi connectivity index (χ4n) is 2.12. The Hall–Kier alpha value is -1.03. The molecular weight excluding hydrogens is 305 g/mol. The Morgan fingerprint density at radius 3 is 2.76 bits per heavy atom. The van der Waals surface area contributed by atoms with Crippen molar-refractivity contribution in [1.82, 2.24) is 5.32 Å². The maximum atomic E-state index is 13.9. The summed E-state index contributed by atoms with van der Waals surface area (Å²) in [7, 11) is 0. The van der Waals surface area contributed by atoms with Crippen LogP contribution in [0.1, 0.15) is 31.0 Å². The topological polar surface area (TPSA) is 12.0 Å². The lowest BCUT2D eigenvalue weighted by Crippen LogP contribution is -2.17. The molecule has 2 rings (SSSR count). The molecule has 0 aromatic heterocycles. The molecule has 1 N–H and O–H groups in total. The van der Waals surface area contributed by atoms with E-state index in [-0.39, 0.29) is 10.8 Å². The van der Waals surface area contributed by atoms with Crippen LogP contribution < -0.4 is 5.32 Å². The van der Waals surface area contributed by atoms with E-state index in [1.165, 1.54) is 5.56 Å². The number of hydrogen-bond acceptors (Lipinski definition) is 2. The van der Waals surface area contributed by atoms with E-state index in [9.17, 15) is 4.39 Å². The van der Waals surface area contributed by atoms with E-state index in [1.807, 2.05) is 6.07 Å². The number of nitrogens with one attached hydrogen (secondary N) is 1. The maximum Gasteiger partial charge on any atom is 0.145 e. The highest BCUT2D eigenvalue weighted by Gasteiger charge is 2.08. The lowest BCUT2D eigenvalue weighted by Gasteiger charge is -2.13. The van der Waals surface area contributed by atoms with E-state index in [4.69, 9.17) is 11.6 Å². The van der Waals surface area contributed by atoms with Crippen LogP contribution in [0, 0.1) is 5.82 Å². The molecule has 0 saturated carbocycles. The Balaban J connectivity index is 2.06. The van der Waals surface area contributed by atoms with Gasteiger partial charge in [-0.05, 0) is 42.8 Å². The number of halogens is 2. The van der Waals surface area contributed by atoms with Crippen LogP contribution in [0.3, 0.4) is 0 Å². The molecule has 0 amide bonds. The Bertz CT molecular complexity index is 603. The fourth-order valence-corrected chi connectivity index (χ4v) is 3.25. The van der Waals surface area contributed by atoms with Crippen molar-refractivity contribution in [2.45, 2.75) is 30.5 Å². The van der Waals surface area contributed by atoms with Gasteiger partial charge < -0.3 is 5.32 Å². The molecule has 0 bridgehead atoms. The number of rotatable bonds is 6. The van der Waals surface area contributed by atoms with Crippen molar-refractivity contribution < 1.29 is 4.39 Å². The van der Waals surface area contributed by atoms with Crippen molar-refractivity contribution >= 4 is 23.4 Å². The van der Waals surface area contributed by atoms with Gasteiger partial charge in [0.05, 0.1) is 5.02 Å². The van der Waals surface area contributed by atoms with Crippen molar-refractivity contribution in [3.63, 3.8) is 0 Å². The summed E-state index contributed by atoms with van der Waals surface area (Å²) in [6.07, 6.45) is 0. The normalized spacial score (nSPS) is 12.4. The van der Waals surface area contributed by atoms with Gasteiger partial charge >= 0.3 is 0 Å². The summed E-state index contributed by atoms with van der Waals surface area (Å²) in [5, 5.41) is 3.58. The van der Waals surface area contributed by atoms with Gasteiger partial charge in [-0.15, -0.1) is 11.8 Å². The Labute approximate surface area is 134 Å². The van der Waals surface area contributed by atoms with Gasteiger partial charge in [-0.3, -0.25) is 0 Å². The van der Waals surface area contributed by atoms with Crippen LogP contribution in [0.25, 0.3) is 0 Å². The van der Waals surface area contributed by atoms with Gasteiger partial charge in [-0.2, -0.15) is 0 Å². The predicted molar refractivity (Wildman–Crippen MR) is 89.5 cm³/mol. The SMILES string of the molecule is CCNC(C)c1cccc(SCc2cccc(Cl)c2F)c1. The largest absolute Gasteiger partial charge is 0.310 e. The van der Waals surface area contributed by atoms with Gasteiger partial charge in [0, 0.05) is 16.7 Å². The third-order valence-corrected chi connectivity index (χ3v) is 4.63. The molecule has 0 spiro atoms. The molecule has 112 valence electrons. The molecule has 2 aromatic carbocycles. The van der Waals surface area contributed by atoms with Crippen LogP contribution >= 0.6 is 23.4 Å². The van der Waals surface area contributed by atoms with E-state index >= 15 is 0 Å². The second-order valence-electron chi connectivity index (χ2n) is 4.85. The molecule has 1 atom stereocenters. The minimum atomic E-state index is -0.316. The zero-order chi connectivity index (χ0) is 15.2.